The second-order valence-corrected chi connectivity index (χ2v) is 15.6. The van der Waals surface area contributed by atoms with Crippen molar-refractivity contribution in [1.29, 1.82) is 0 Å². The van der Waals surface area contributed by atoms with Gasteiger partial charge in [0.25, 0.3) is 0 Å². The van der Waals surface area contributed by atoms with Crippen LogP contribution in [0.4, 0.5) is 0 Å². The van der Waals surface area contributed by atoms with Crippen molar-refractivity contribution < 1.29 is 28.7 Å². The maximum absolute atomic E-state index is 13.3. The molecule has 2 aromatic carbocycles. The van der Waals surface area contributed by atoms with Crippen molar-refractivity contribution in [2.45, 2.75) is 136 Å². The maximum atomic E-state index is 13.3. The van der Waals surface area contributed by atoms with Gasteiger partial charge in [-0.2, -0.15) is 0 Å². The third kappa shape index (κ3) is 34.1. The van der Waals surface area contributed by atoms with E-state index in [0.717, 1.165) is 41.7 Å². The van der Waals surface area contributed by atoms with Crippen molar-refractivity contribution in [3.63, 3.8) is 0 Å². The van der Waals surface area contributed by atoms with E-state index < -0.39 is 13.4 Å². The second kappa shape index (κ2) is 39.2. The molecule has 326 valence electrons. The first-order valence-electron chi connectivity index (χ1n) is 20.4. The molecule has 0 aromatic heterocycles. The molecule has 3 N–H and O–H groups in total. The number of benzene rings is 2. The van der Waals surface area contributed by atoms with E-state index in [-0.39, 0.29) is 31.5 Å². The number of rotatable bonds is 16. The van der Waals surface area contributed by atoms with Gasteiger partial charge in [0.15, 0.2) is 6.35 Å². The van der Waals surface area contributed by atoms with Gasteiger partial charge in [0, 0.05) is 19.8 Å². The maximum Gasteiger partial charge on any atom is 0.320 e. The lowest BCUT2D eigenvalue weighted by Crippen LogP contribution is -2.34. The summed E-state index contributed by atoms with van der Waals surface area (Å²) in [6, 6.07) is 9.60. The van der Waals surface area contributed by atoms with Crippen LogP contribution in [0.5, 0.6) is 11.5 Å². The number of aryl methyl sites for hydroxylation is 2. The zero-order valence-electron chi connectivity index (χ0n) is 39.0. The van der Waals surface area contributed by atoms with Gasteiger partial charge in [0.05, 0.1) is 6.61 Å². The zero-order valence-corrected chi connectivity index (χ0v) is 39.9. The third-order valence-electron chi connectivity index (χ3n) is 7.18. The number of hydrogen-bond donors (Lipinski definition) is 3. The molecule has 1 atom stereocenters. The molecule has 57 heavy (non-hydrogen) atoms. The lowest BCUT2D eigenvalue weighted by Gasteiger charge is -2.23. The number of nitrogens with one attached hydrogen (secondary N) is 2. The molecule has 9 heteroatoms. The zero-order chi connectivity index (χ0) is 44.8. The number of carbonyl (C=O) groups is 1. The van der Waals surface area contributed by atoms with E-state index >= 15 is 0 Å². The van der Waals surface area contributed by atoms with Gasteiger partial charge in [-0.15, -0.1) is 6.58 Å². The Kier molecular flexibility index (Phi) is 41.2. The van der Waals surface area contributed by atoms with Crippen molar-refractivity contribution in [2.24, 2.45) is 0 Å². The van der Waals surface area contributed by atoms with Crippen LogP contribution in [0.15, 0.2) is 91.1 Å². The molecule has 0 bridgehead atoms. The minimum absolute atomic E-state index is 0.0592. The van der Waals surface area contributed by atoms with Gasteiger partial charge < -0.3 is 19.3 Å². The molecule has 0 aliphatic rings. The Morgan fingerprint density at radius 1 is 0.895 bits per heavy atom. The summed E-state index contributed by atoms with van der Waals surface area (Å²) in [6.45, 7) is 36.3. The van der Waals surface area contributed by atoms with E-state index in [1.165, 1.54) is 11.1 Å². The highest BCUT2D eigenvalue weighted by Gasteiger charge is 2.25. The predicted molar refractivity (Wildman–Crippen MR) is 250 cm³/mol. The molecule has 8 nitrogen and oxygen atoms in total. The number of ether oxygens (including phenoxy) is 3. The first-order valence-corrected chi connectivity index (χ1v) is 22.3. The van der Waals surface area contributed by atoms with Gasteiger partial charge in [-0.1, -0.05) is 101 Å². The smallest absolute Gasteiger partial charge is 0.320 e. The normalized spacial score (nSPS) is 11.4. The molecular weight excluding hydrogens is 732 g/mol. The van der Waals surface area contributed by atoms with Crippen LogP contribution in [0, 0.1) is 13.8 Å². The van der Waals surface area contributed by atoms with Crippen LogP contribution < -0.4 is 14.9 Å². The number of carbonyl (C=O) groups excluding carboxylic acids is 1. The molecule has 0 amide bonds. The Morgan fingerprint density at radius 3 is 1.84 bits per heavy atom. The molecule has 0 saturated carbocycles. The number of phenolic OH excluding ortho intramolecular Hbond substituents is 1. The summed E-state index contributed by atoms with van der Waals surface area (Å²) in [7, 11) is -1.50. The molecule has 0 radical (unpaired) electrons. The Bertz CT molecular complexity index is 1460. The van der Waals surface area contributed by atoms with E-state index in [9.17, 15) is 14.5 Å². The molecule has 2 aromatic rings. The molecule has 1 unspecified atom stereocenters. The third-order valence-corrected chi connectivity index (χ3v) is 9.28. The first-order chi connectivity index (χ1) is 26.9. The summed E-state index contributed by atoms with van der Waals surface area (Å²) in [5.74, 6) is 0.729. The number of aromatic hydroxyl groups is 1. The van der Waals surface area contributed by atoms with Crippen molar-refractivity contribution >= 4 is 13.4 Å². The first kappa shape index (κ1) is 60.0. The SMILES string of the molecule is C/C=C\C.C/C=C\C=C/C=C(C)C.C=CCC.CC.CCOC.CCOC(=O)CNP(=O)(COc1cc(C)c(Cc2ccc(O)c(C(C)C)c2)c(C)c1)NC(C)C. The molecule has 0 heterocycles. The molecule has 0 aliphatic carbocycles. The topological polar surface area (TPSA) is 106 Å². The van der Waals surface area contributed by atoms with Crippen LogP contribution in [0.2, 0.25) is 0 Å². The summed E-state index contributed by atoms with van der Waals surface area (Å²) in [6.07, 6.45) is 17.8. The van der Waals surface area contributed by atoms with Crippen LogP contribution in [-0.2, 0) is 25.3 Å². The van der Waals surface area contributed by atoms with Crippen LogP contribution in [0.1, 0.15) is 137 Å². The molecule has 0 spiro atoms. The highest BCUT2D eigenvalue weighted by Crippen LogP contribution is 2.37. The van der Waals surface area contributed by atoms with Crippen molar-refractivity contribution in [1.82, 2.24) is 10.2 Å². The molecule has 0 aliphatic heterocycles. The quantitative estimate of drug-likeness (QED) is 0.0666. The van der Waals surface area contributed by atoms with E-state index in [1.807, 2.05) is 130 Å². The lowest BCUT2D eigenvalue weighted by molar-refractivity contribution is -0.141. The largest absolute Gasteiger partial charge is 0.508 e. The minimum atomic E-state index is -3.18. The summed E-state index contributed by atoms with van der Waals surface area (Å²) in [5.41, 5.74) is 6.74. The fourth-order valence-electron chi connectivity index (χ4n) is 4.23. The van der Waals surface area contributed by atoms with E-state index in [2.05, 4.69) is 68.3 Å². The van der Waals surface area contributed by atoms with Gasteiger partial charge in [0.2, 0.25) is 7.44 Å². The number of phenols is 1. The summed E-state index contributed by atoms with van der Waals surface area (Å²) < 4.78 is 28.7. The van der Waals surface area contributed by atoms with Gasteiger partial charge in [-0.25, -0.2) is 10.2 Å². The van der Waals surface area contributed by atoms with Crippen LogP contribution in [0.3, 0.4) is 0 Å². The highest BCUT2D eigenvalue weighted by atomic mass is 31.2. The van der Waals surface area contributed by atoms with E-state index in [0.29, 0.717) is 11.5 Å². The Hall–Kier alpha value is -3.68. The van der Waals surface area contributed by atoms with E-state index in [1.54, 1.807) is 20.1 Å². The summed E-state index contributed by atoms with van der Waals surface area (Å²) in [5, 5.41) is 15.9. The Labute approximate surface area is 350 Å². The summed E-state index contributed by atoms with van der Waals surface area (Å²) in [4.78, 5) is 11.7. The predicted octanol–water partition coefficient (Wildman–Crippen LogP) is 13.3. The Balaban J connectivity index is -0.000000497. The highest BCUT2D eigenvalue weighted by molar-refractivity contribution is 7.59. The molecule has 0 saturated heterocycles. The van der Waals surface area contributed by atoms with Crippen LogP contribution in [0.25, 0.3) is 0 Å². The number of hydrogen-bond acceptors (Lipinski definition) is 6. The fourth-order valence-corrected chi connectivity index (χ4v) is 6.04. The molecule has 0 fully saturated rings. The van der Waals surface area contributed by atoms with Gasteiger partial charge in [-0.3, -0.25) is 9.36 Å². The number of methoxy groups -OCH3 is 1. The van der Waals surface area contributed by atoms with Crippen molar-refractivity contribution in [3.8, 4) is 11.5 Å². The second-order valence-electron chi connectivity index (χ2n) is 13.3. The van der Waals surface area contributed by atoms with Crippen molar-refractivity contribution in [2.75, 3.05) is 33.2 Å². The van der Waals surface area contributed by atoms with Crippen LogP contribution in [-0.4, -0.2) is 50.3 Å². The molecular formula is C48H83N2O6P. The molecule has 2 rings (SSSR count). The lowest BCUT2D eigenvalue weighted by atomic mass is 9.93. The minimum Gasteiger partial charge on any atom is -0.508 e. The van der Waals surface area contributed by atoms with Crippen LogP contribution >= 0.6 is 7.44 Å². The van der Waals surface area contributed by atoms with Gasteiger partial charge in [-0.05, 0) is 141 Å². The number of allylic oxidation sites excluding steroid dienone is 9. The Morgan fingerprint density at radius 2 is 1.44 bits per heavy atom. The number of esters is 1. The van der Waals surface area contributed by atoms with Gasteiger partial charge >= 0.3 is 5.97 Å². The van der Waals surface area contributed by atoms with Crippen molar-refractivity contribution in [3.05, 3.63) is 119 Å². The monoisotopic (exact) mass is 815 g/mol. The fraction of sp³-hybridized carbons (Fsp3) is 0.521. The summed E-state index contributed by atoms with van der Waals surface area (Å²) >= 11 is 0. The average molecular weight is 815 g/mol. The van der Waals surface area contributed by atoms with E-state index in [4.69, 9.17) is 9.47 Å². The standard InChI is InChI=1S/C26H39N2O5P.C9H14.2C4H8.C3H8O.C2H6/c1-8-32-26(30)15-27-34(31,28-18(4)5)16-33-22-11-19(6)24(20(7)12-22)14-21-9-10-25(29)23(13-21)17(2)3;1-4-5-6-7-8-9(2)3;3*1-3-4-2;1-2/h9-13,17-18,29H,8,14-16H2,1-7H3,(H2,27,28,31);4-8H,1-3H3;3-4H,1-2H3;3H,1,4H2,2H3;3H2,1-2H3;1-2H3/b;5-4-,7-6-;4-3-;;;. The average Bonchev–Trinajstić information content (AvgIpc) is 3.18. The van der Waals surface area contributed by atoms with Gasteiger partial charge in [0.1, 0.15) is 18.0 Å².